The summed E-state index contributed by atoms with van der Waals surface area (Å²) >= 11 is 3.18. The first-order valence-electron chi connectivity index (χ1n) is 8.38. The molecule has 1 aromatic heterocycles. The van der Waals surface area contributed by atoms with Crippen molar-refractivity contribution in [2.24, 2.45) is 5.92 Å². The Labute approximate surface area is 164 Å². The van der Waals surface area contributed by atoms with Gasteiger partial charge in [0.2, 0.25) is 17.6 Å². The summed E-state index contributed by atoms with van der Waals surface area (Å²) in [5.74, 6) is -1.74. The van der Waals surface area contributed by atoms with Crippen LogP contribution in [0.4, 0.5) is 0 Å². The number of carbonyl (C=O) groups excluding carboxylic acids is 3. The van der Waals surface area contributed by atoms with Crippen LogP contribution in [0, 0.1) is 5.92 Å². The van der Waals surface area contributed by atoms with Crippen LogP contribution in [-0.2, 0) is 9.59 Å². The molecule has 140 valence electrons. The van der Waals surface area contributed by atoms with Gasteiger partial charge in [0.05, 0.1) is 16.4 Å². The van der Waals surface area contributed by atoms with E-state index in [1.807, 2.05) is 37.3 Å². The van der Waals surface area contributed by atoms with Crippen LogP contribution in [0.15, 0.2) is 47.2 Å². The van der Waals surface area contributed by atoms with Gasteiger partial charge in [-0.2, -0.15) is 0 Å². The monoisotopic (exact) mass is 431 g/mol. The second-order valence-electron chi connectivity index (χ2n) is 6.20. The second kappa shape index (κ2) is 8.26. The molecule has 0 bridgehead atoms. The van der Waals surface area contributed by atoms with Crippen molar-refractivity contribution in [1.29, 1.82) is 0 Å². The summed E-state index contributed by atoms with van der Waals surface area (Å²) in [6, 6.07) is 9.51. The molecule has 2 unspecified atom stereocenters. The Balaban J connectivity index is 1.56. The zero-order chi connectivity index (χ0) is 19.4. The van der Waals surface area contributed by atoms with Crippen molar-refractivity contribution in [3.63, 3.8) is 0 Å². The molecule has 1 aliphatic rings. The van der Waals surface area contributed by atoms with Crippen molar-refractivity contribution in [2.75, 3.05) is 6.54 Å². The highest BCUT2D eigenvalue weighted by atomic mass is 79.9. The third-order valence-electron chi connectivity index (χ3n) is 4.40. The Kier molecular flexibility index (Phi) is 5.80. The lowest BCUT2D eigenvalue weighted by atomic mass is 10.1. The van der Waals surface area contributed by atoms with Crippen molar-refractivity contribution in [3.8, 4) is 0 Å². The van der Waals surface area contributed by atoms with Gasteiger partial charge in [-0.15, -0.1) is 0 Å². The molecule has 3 rings (SSSR count). The number of hydrazine groups is 1. The third-order valence-corrected chi connectivity index (χ3v) is 4.81. The number of carbonyl (C=O) groups is 3. The van der Waals surface area contributed by atoms with Gasteiger partial charge in [0.1, 0.15) is 0 Å². The normalized spacial score (nSPS) is 17.5. The fourth-order valence-electron chi connectivity index (χ4n) is 2.90. The van der Waals surface area contributed by atoms with Crippen molar-refractivity contribution < 1.29 is 14.4 Å². The van der Waals surface area contributed by atoms with Gasteiger partial charge >= 0.3 is 5.91 Å². The number of benzene rings is 1. The van der Waals surface area contributed by atoms with Gasteiger partial charge in [-0.1, -0.05) is 30.3 Å². The van der Waals surface area contributed by atoms with E-state index in [4.69, 9.17) is 0 Å². The largest absolute Gasteiger partial charge is 0.335 e. The molecule has 1 aromatic carbocycles. The van der Waals surface area contributed by atoms with Crippen LogP contribution in [0.3, 0.4) is 0 Å². The van der Waals surface area contributed by atoms with Crippen molar-refractivity contribution >= 4 is 33.7 Å². The van der Waals surface area contributed by atoms with E-state index >= 15 is 0 Å². The fourth-order valence-corrected chi connectivity index (χ4v) is 3.10. The molecule has 1 saturated heterocycles. The highest BCUT2D eigenvalue weighted by Crippen LogP contribution is 2.28. The number of likely N-dealkylation sites (tertiary alicyclic amines) is 1. The number of amides is 3. The van der Waals surface area contributed by atoms with Crippen LogP contribution in [0.1, 0.15) is 35.6 Å². The van der Waals surface area contributed by atoms with Gasteiger partial charge in [-0.25, -0.2) is 9.97 Å². The first kappa shape index (κ1) is 19.0. The van der Waals surface area contributed by atoms with Crippen LogP contribution in [0.2, 0.25) is 0 Å². The Morgan fingerprint density at radius 3 is 2.52 bits per heavy atom. The molecule has 2 N–H and O–H groups in total. The SMILES string of the molecule is CC(c1ccccc1)N1CC(C(=O)NNC(=O)c2ncc(Br)cn2)CC1=O. The van der Waals surface area contributed by atoms with E-state index in [9.17, 15) is 14.4 Å². The zero-order valence-corrected chi connectivity index (χ0v) is 16.1. The molecular weight excluding hydrogens is 414 g/mol. The molecule has 27 heavy (non-hydrogen) atoms. The summed E-state index contributed by atoms with van der Waals surface area (Å²) in [5, 5.41) is 0. The summed E-state index contributed by atoms with van der Waals surface area (Å²) < 4.78 is 0.639. The molecule has 2 heterocycles. The number of aromatic nitrogens is 2. The average molecular weight is 432 g/mol. The summed E-state index contributed by atoms with van der Waals surface area (Å²) in [7, 11) is 0. The quantitative estimate of drug-likeness (QED) is 0.715. The van der Waals surface area contributed by atoms with Crippen molar-refractivity contribution in [1.82, 2.24) is 25.7 Å². The zero-order valence-electron chi connectivity index (χ0n) is 14.6. The first-order valence-corrected chi connectivity index (χ1v) is 9.17. The number of nitrogens with one attached hydrogen (secondary N) is 2. The molecule has 3 amide bonds. The molecule has 2 atom stereocenters. The van der Waals surface area contributed by atoms with E-state index in [0.717, 1.165) is 5.56 Å². The molecular formula is C18H18BrN5O3. The summed E-state index contributed by atoms with van der Waals surface area (Å²) in [6.07, 6.45) is 2.97. The van der Waals surface area contributed by atoms with Gasteiger partial charge in [0, 0.05) is 25.4 Å². The van der Waals surface area contributed by atoms with Crippen LogP contribution in [0.5, 0.6) is 0 Å². The van der Waals surface area contributed by atoms with Crippen molar-refractivity contribution in [3.05, 3.63) is 58.6 Å². The summed E-state index contributed by atoms with van der Waals surface area (Å²) in [6.45, 7) is 2.23. The molecule has 0 spiro atoms. The molecule has 2 aromatic rings. The van der Waals surface area contributed by atoms with Gasteiger partial charge in [-0.3, -0.25) is 25.2 Å². The van der Waals surface area contributed by atoms with E-state index in [2.05, 4.69) is 36.7 Å². The Morgan fingerprint density at radius 2 is 1.85 bits per heavy atom. The van der Waals surface area contributed by atoms with Crippen LogP contribution in [-0.4, -0.2) is 39.1 Å². The predicted molar refractivity (Wildman–Crippen MR) is 100 cm³/mol. The van der Waals surface area contributed by atoms with E-state index in [0.29, 0.717) is 11.0 Å². The van der Waals surface area contributed by atoms with Crippen LogP contribution >= 0.6 is 15.9 Å². The highest BCUT2D eigenvalue weighted by Gasteiger charge is 2.37. The maximum absolute atomic E-state index is 12.3. The first-order chi connectivity index (χ1) is 13.0. The van der Waals surface area contributed by atoms with Gasteiger partial charge in [0.25, 0.3) is 0 Å². The van der Waals surface area contributed by atoms with Gasteiger partial charge in [-0.05, 0) is 28.4 Å². The number of halogens is 1. The fraction of sp³-hybridized carbons (Fsp3) is 0.278. The number of rotatable bonds is 4. The standard InChI is InChI=1S/C18H18BrN5O3/c1-11(12-5-3-2-4-6-12)24-10-13(7-15(24)25)17(26)22-23-18(27)16-20-8-14(19)9-21-16/h2-6,8-9,11,13H,7,10H2,1H3,(H,22,26)(H,23,27). The predicted octanol–water partition coefficient (Wildman–Crippen LogP) is 1.61. The number of hydrogen-bond acceptors (Lipinski definition) is 5. The highest BCUT2D eigenvalue weighted by molar-refractivity contribution is 9.10. The van der Waals surface area contributed by atoms with Crippen LogP contribution in [0.25, 0.3) is 0 Å². The summed E-state index contributed by atoms with van der Waals surface area (Å²) in [4.78, 5) is 46.0. The average Bonchev–Trinajstić information content (AvgIpc) is 3.08. The van der Waals surface area contributed by atoms with E-state index < -0.39 is 17.7 Å². The maximum Gasteiger partial charge on any atom is 0.307 e. The van der Waals surface area contributed by atoms with Crippen LogP contribution < -0.4 is 10.9 Å². The molecule has 0 aliphatic carbocycles. The van der Waals surface area contributed by atoms with E-state index in [1.165, 1.54) is 12.4 Å². The van der Waals surface area contributed by atoms with E-state index in [-0.39, 0.29) is 24.2 Å². The molecule has 0 radical (unpaired) electrons. The third kappa shape index (κ3) is 4.48. The number of hydrogen-bond donors (Lipinski definition) is 2. The lowest BCUT2D eigenvalue weighted by Crippen LogP contribution is -2.45. The summed E-state index contributed by atoms with van der Waals surface area (Å²) in [5.41, 5.74) is 5.63. The molecule has 1 aliphatic heterocycles. The lowest BCUT2D eigenvalue weighted by molar-refractivity contribution is -0.130. The Bertz CT molecular complexity index is 844. The minimum Gasteiger partial charge on any atom is -0.335 e. The lowest BCUT2D eigenvalue weighted by Gasteiger charge is -2.25. The second-order valence-corrected chi connectivity index (χ2v) is 7.12. The smallest absolute Gasteiger partial charge is 0.307 e. The minimum atomic E-state index is -0.630. The van der Waals surface area contributed by atoms with E-state index in [1.54, 1.807) is 4.90 Å². The Morgan fingerprint density at radius 1 is 1.19 bits per heavy atom. The molecule has 1 fully saturated rings. The van der Waals surface area contributed by atoms with Gasteiger partial charge < -0.3 is 4.90 Å². The van der Waals surface area contributed by atoms with Crippen molar-refractivity contribution in [2.45, 2.75) is 19.4 Å². The molecule has 0 saturated carbocycles. The number of nitrogens with zero attached hydrogens (tertiary/aromatic N) is 3. The molecule has 9 heteroatoms. The maximum atomic E-state index is 12.3. The Hall–Kier alpha value is -2.81. The van der Waals surface area contributed by atoms with Gasteiger partial charge in [0.15, 0.2) is 0 Å². The topological polar surface area (TPSA) is 104 Å². The minimum absolute atomic E-state index is 0.0691. The molecule has 8 nitrogen and oxygen atoms in total.